The van der Waals surface area contributed by atoms with Gasteiger partial charge in [-0.25, -0.2) is 0 Å². The number of hydrogen-bond acceptors (Lipinski definition) is 2. The van der Waals surface area contributed by atoms with Crippen LogP contribution in [0.4, 0.5) is 0 Å². The monoisotopic (exact) mass is 168 g/mol. The summed E-state index contributed by atoms with van der Waals surface area (Å²) in [5.41, 5.74) is 0. The van der Waals surface area contributed by atoms with Gasteiger partial charge in [0.25, 0.3) is 0 Å². The second-order valence-corrected chi connectivity index (χ2v) is 4.04. The Bertz CT molecular complexity index is 170. The molecule has 0 amide bonds. The van der Waals surface area contributed by atoms with Crippen LogP contribution in [-0.2, 0) is 4.79 Å². The van der Waals surface area contributed by atoms with Crippen LogP contribution in [0.1, 0.15) is 25.7 Å². The van der Waals surface area contributed by atoms with Crippen LogP contribution in [0.25, 0.3) is 0 Å². The summed E-state index contributed by atoms with van der Waals surface area (Å²) in [7, 11) is 0. The molecule has 1 rings (SSSR count). The van der Waals surface area contributed by atoms with E-state index in [-0.39, 0.29) is 0 Å². The first-order chi connectivity index (χ1) is 5.33. The van der Waals surface area contributed by atoms with Gasteiger partial charge < -0.3 is 0 Å². The van der Waals surface area contributed by atoms with Crippen LogP contribution in [0.15, 0.2) is 0 Å². The van der Waals surface area contributed by atoms with Crippen molar-refractivity contribution in [3.8, 4) is 12.3 Å². The maximum atomic E-state index is 10.8. The minimum atomic E-state index is 0.419. The number of terminal acetylenes is 1. The third-order valence-corrected chi connectivity index (χ3v) is 3.17. The van der Waals surface area contributed by atoms with Crippen molar-refractivity contribution < 1.29 is 4.79 Å². The zero-order valence-electron chi connectivity index (χ0n) is 6.51. The first-order valence-electron chi connectivity index (χ1n) is 3.89. The molecule has 0 aromatic rings. The number of carbonyl (C=O) groups is 1. The summed E-state index contributed by atoms with van der Waals surface area (Å²) < 4.78 is 0. The van der Waals surface area contributed by atoms with Crippen molar-refractivity contribution in [2.75, 3.05) is 5.75 Å². The topological polar surface area (TPSA) is 17.1 Å². The highest BCUT2D eigenvalue weighted by molar-refractivity contribution is 8.00. The zero-order valence-corrected chi connectivity index (χ0v) is 7.32. The second-order valence-electron chi connectivity index (χ2n) is 2.75. The highest BCUT2D eigenvalue weighted by Gasteiger charge is 2.17. The van der Waals surface area contributed by atoms with E-state index in [4.69, 9.17) is 6.42 Å². The maximum Gasteiger partial charge on any atom is 0.132 e. The van der Waals surface area contributed by atoms with Gasteiger partial charge in [-0.3, -0.25) is 4.79 Å². The molecule has 0 bridgehead atoms. The fraction of sp³-hybridized carbons (Fsp3) is 0.667. The van der Waals surface area contributed by atoms with Crippen LogP contribution in [-0.4, -0.2) is 16.8 Å². The van der Waals surface area contributed by atoms with Crippen molar-refractivity contribution >= 4 is 17.5 Å². The highest BCUT2D eigenvalue weighted by Crippen LogP contribution is 2.25. The lowest BCUT2D eigenvalue weighted by atomic mass is 9.99. The average Bonchev–Trinajstić information content (AvgIpc) is 2.04. The molecule has 60 valence electrons. The van der Waals surface area contributed by atoms with E-state index in [2.05, 4.69) is 5.92 Å². The molecule has 2 heteroatoms. The number of hydrogen-bond donors (Lipinski definition) is 0. The fourth-order valence-electron chi connectivity index (χ4n) is 1.25. The Morgan fingerprint density at radius 2 is 2.18 bits per heavy atom. The van der Waals surface area contributed by atoms with Gasteiger partial charge in [0.1, 0.15) is 5.78 Å². The third kappa shape index (κ3) is 2.98. The van der Waals surface area contributed by atoms with E-state index in [1.54, 1.807) is 0 Å². The summed E-state index contributed by atoms with van der Waals surface area (Å²) in [5, 5.41) is 0.642. The summed E-state index contributed by atoms with van der Waals surface area (Å²) in [4.78, 5) is 10.8. The van der Waals surface area contributed by atoms with Crippen LogP contribution >= 0.6 is 11.8 Å². The van der Waals surface area contributed by atoms with Crippen molar-refractivity contribution in [1.29, 1.82) is 0 Å². The Morgan fingerprint density at radius 3 is 2.73 bits per heavy atom. The van der Waals surface area contributed by atoms with E-state index in [1.807, 2.05) is 11.8 Å². The zero-order chi connectivity index (χ0) is 8.10. The van der Waals surface area contributed by atoms with Gasteiger partial charge >= 0.3 is 0 Å². The summed E-state index contributed by atoms with van der Waals surface area (Å²) in [6.07, 6.45) is 8.73. The molecule has 0 atom stereocenters. The van der Waals surface area contributed by atoms with Gasteiger partial charge in [0.2, 0.25) is 0 Å². The Labute approximate surface area is 71.9 Å². The van der Waals surface area contributed by atoms with Gasteiger partial charge in [-0.1, -0.05) is 5.92 Å². The Hall–Kier alpha value is -0.420. The number of ketones is 1. The average molecular weight is 168 g/mol. The predicted octanol–water partition coefficient (Wildman–Crippen LogP) is 1.86. The molecule has 1 aliphatic rings. The summed E-state index contributed by atoms with van der Waals surface area (Å²) in [5.74, 6) is 3.81. The SMILES string of the molecule is C#CCSC1CCC(=O)CC1. The second kappa shape index (κ2) is 4.46. The van der Waals surface area contributed by atoms with Crippen molar-refractivity contribution in [3.63, 3.8) is 0 Å². The lowest BCUT2D eigenvalue weighted by Crippen LogP contribution is -2.15. The van der Waals surface area contributed by atoms with Gasteiger partial charge in [0, 0.05) is 18.1 Å². The number of carbonyl (C=O) groups excluding carboxylic acids is 1. The largest absolute Gasteiger partial charge is 0.300 e. The molecule has 11 heavy (non-hydrogen) atoms. The molecule has 0 saturated heterocycles. The smallest absolute Gasteiger partial charge is 0.132 e. The maximum absolute atomic E-state index is 10.8. The van der Waals surface area contributed by atoms with Gasteiger partial charge in [0.15, 0.2) is 0 Å². The molecule has 0 radical (unpaired) electrons. The molecule has 0 aromatic heterocycles. The van der Waals surface area contributed by atoms with Crippen LogP contribution in [0.3, 0.4) is 0 Å². The predicted molar refractivity (Wildman–Crippen MR) is 48.6 cm³/mol. The van der Waals surface area contributed by atoms with E-state index in [1.165, 1.54) is 0 Å². The molecule has 1 fully saturated rings. The Balaban J connectivity index is 2.18. The Kier molecular flexibility index (Phi) is 3.51. The van der Waals surface area contributed by atoms with E-state index >= 15 is 0 Å². The van der Waals surface area contributed by atoms with Gasteiger partial charge in [-0.15, -0.1) is 18.2 Å². The summed E-state index contributed by atoms with van der Waals surface area (Å²) >= 11 is 1.81. The molecular weight excluding hydrogens is 156 g/mol. The molecular formula is C9H12OS. The van der Waals surface area contributed by atoms with E-state index in [9.17, 15) is 4.79 Å². The van der Waals surface area contributed by atoms with Crippen LogP contribution in [0.5, 0.6) is 0 Å². The molecule has 1 nitrogen and oxygen atoms in total. The highest BCUT2D eigenvalue weighted by atomic mass is 32.2. The number of thioether (sulfide) groups is 1. The normalized spacial score (nSPS) is 19.7. The first kappa shape index (κ1) is 8.67. The van der Waals surface area contributed by atoms with Gasteiger partial charge in [0.05, 0.1) is 5.75 Å². The minimum absolute atomic E-state index is 0.419. The van der Waals surface area contributed by atoms with E-state index in [0.29, 0.717) is 11.0 Å². The van der Waals surface area contributed by atoms with Crippen molar-refractivity contribution in [1.82, 2.24) is 0 Å². The molecule has 0 unspecified atom stereocenters. The molecule has 0 N–H and O–H groups in total. The molecule has 1 aliphatic carbocycles. The summed E-state index contributed by atoms with van der Waals surface area (Å²) in [6, 6.07) is 0. The molecule has 0 heterocycles. The van der Waals surface area contributed by atoms with Gasteiger partial charge in [-0.05, 0) is 12.8 Å². The lowest BCUT2D eigenvalue weighted by Gasteiger charge is -2.18. The van der Waals surface area contributed by atoms with Crippen molar-refractivity contribution in [3.05, 3.63) is 0 Å². The number of rotatable bonds is 2. The van der Waals surface area contributed by atoms with Crippen LogP contribution in [0.2, 0.25) is 0 Å². The van der Waals surface area contributed by atoms with Crippen LogP contribution in [0, 0.1) is 12.3 Å². The molecule has 0 spiro atoms. The van der Waals surface area contributed by atoms with Crippen molar-refractivity contribution in [2.24, 2.45) is 0 Å². The van der Waals surface area contributed by atoms with Crippen molar-refractivity contribution in [2.45, 2.75) is 30.9 Å². The standard InChI is InChI=1S/C9H12OS/c1-2-7-11-9-5-3-8(10)4-6-9/h1,9H,3-7H2. The first-order valence-corrected chi connectivity index (χ1v) is 4.94. The van der Waals surface area contributed by atoms with E-state index < -0.39 is 0 Å². The van der Waals surface area contributed by atoms with E-state index in [0.717, 1.165) is 31.4 Å². The molecule has 0 aliphatic heterocycles. The summed E-state index contributed by atoms with van der Waals surface area (Å²) in [6.45, 7) is 0. The quantitative estimate of drug-likeness (QED) is 0.585. The number of Topliss-reactive ketones (excluding diaryl/α,β-unsaturated/α-hetero) is 1. The lowest BCUT2D eigenvalue weighted by molar-refractivity contribution is -0.120. The Morgan fingerprint density at radius 1 is 1.55 bits per heavy atom. The molecule has 0 aromatic carbocycles. The fourth-order valence-corrected chi connectivity index (χ4v) is 2.15. The van der Waals surface area contributed by atoms with Crippen LogP contribution < -0.4 is 0 Å². The molecule has 1 saturated carbocycles. The van der Waals surface area contributed by atoms with Gasteiger partial charge in [-0.2, -0.15) is 0 Å². The third-order valence-electron chi connectivity index (χ3n) is 1.89. The minimum Gasteiger partial charge on any atom is -0.300 e.